The summed E-state index contributed by atoms with van der Waals surface area (Å²) < 4.78 is 7.52. The third-order valence-corrected chi connectivity index (χ3v) is 6.52. The smallest absolute Gasteiger partial charge is 0.241 e. The molecule has 5 rings (SSSR count). The molecule has 3 heterocycles. The molecule has 1 fully saturated rings. The lowest BCUT2D eigenvalue weighted by Gasteiger charge is -2.30. The molecular weight excluding hydrogens is 440 g/mol. The molecule has 0 aliphatic carbocycles. The second kappa shape index (κ2) is 10.2. The highest BCUT2D eigenvalue weighted by atomic mass is 16.5. The molecule has 4 aromatic rings. The zero-order valence-electron chi connectivity index (χ0n) is 20.1. The zero-order valence-corrected chi connectivity index (χ0v) is 20.1. The fraction of sp³-hybridized carbons (Fsp3) is 0.333. The first-order valence-corrected chi connectivity index (χ1v) is 12.0. The average Bonchev–Trinajstić information content (AvgIpc) is 3.52. The number of piperidine rings is 1. The maximum Gasteiger partial charge on any atom is 0.241 e. The fourth-order valence-electron chi connectivity index (χ4n) is 4.50. The van der Waals surface area contributed by atoms with Crippen LogP contribution in [0.25, 0.3) is 17.1 Å². The summed E-state index contributed by atoms with van der Waals surface area (Å²) in [5.41, 5.74) is 4.26. The molecule has 35 heavy (non-hydrogen) atoms. The van der Waals surface area contributed by atoms with Gasteiger partial charge in [0.05, 0.1) is 12.5 Å². The number of carbonyl (C=O) groups is 1. The fourth-order valence-corrected chi connectivity index (χ4v) is 4.50. The van der Waals surface area contributed by atoms with Crippen LogP contribution in [0.3, 0.4) is 0 Å². The largest absolute Gasteiger partial charge is 0.352 e. The normalized spacial score (nSPS) is 16.3. The van der Waals surface area contributed by atoms with Gasteiger partial charge in [-0.2, -0.15) is 4.98 Å². The highest BCUT2D eigenvalue weighted by Gasteiger charge is 2.26. The summed E-state index contributed by atoms with van der Waals surface area (Å²) >= 11 is 0. The number of hydrogen-bond donors (Lipinski definition) is 1. The van der Waals surface area contributed by atoms with Crippen molar-refractivity contribution >= 4 is 5.91 Å². The second-order valence-electron chi connectivity index (χ2n) is 9.18. The number of nitrogens with zero attached hydrogens (tertiary/aromatic N) is 5. The van der Waals surface area contributed by atoms with Crippen LogP contribution in [-0.4, -0.2) is 43.6 Å². The van der Waals surface area contributed by atoms with Gasteiger partial charge in [-0.3, -0.25) is 9.69 Å². The van der Waals surface area contributed by atoms with Crippen LogP contribution in [0.4, 0.5) is 0 Å². The molecule has 1 aliphatic rings. The van der Waals surface area contributed by atoms with E-state index in [0.29, 0.717) is 31.3 Å². The van der Waals surface area contributed by atoms with Gasteiger partial charge in [-0.1, -0.05) is 47.1 Å². The van der Waals surface area contributed by atoms with Crippen molar-refractivity contribution in [3.8, 4) is 17.1 Å². The number of hydrogen-bond acceptors (Lipinski definition) is 6. The van der Waals surface area contributed by atoms with Crippen molar-refractivity contribution in [3.63, 3.8) is 0 Å². The summed E-state index contributed by atoms with van der Waals surface area (Å²) in [6.45, 7) is 6.70. The molecule has 0 spiro atoms. The van der Waals surface area contributed by atoms with Gasteiger partial charge in [0, 0.05) is 36.7 Å². The van der Waals surface area contributed by atoms with Crippen LogP contribution >= 0.6 is 0 Å². The van der Waals surface area contributed by atoms with Crippen molar-refractivity contribution in [1.29, 1.82) is 0 Å². The molecule has 0 radical (unpaired) electrons. The quantitative estimate of drug-likeness (QED) is 0.438. The predicted octanol–water partition coefficient (Wildman–Crippen LogP) is 4.07. The van der Waals surface area contributed by atoms with Gasteiger partial charge in [-0.15, -0.1) is 0 Å². The first kappa shape index (κ1) is 23.0. The first-order chi connectivity index (χ1) is 17.0. The molecule has 8 heteroatoms. The summed E-state index contributed by atoms with van der Waals surface area (Å²) in [7, 11) is 0. The monoisotopic (exact) mass is 470 g/mol. The number of benzene rings is 2. The van der Waals surface area contributed by atoms with Crippen molar-refractivity contribution in [2.24, 2.45) is 5.92 Å². The van der Waals surface area contributed by atoms with Gasteiger partial charge in [-0.25, -0.2) is 4.98 Å². The third-order valence-electron chi connectivity index (χ3n) is 6.52. The minimum Gasteiger partial charge on any atom is -0.352 e. The molecular formula is C27H30N6O2. The number of nitrogens with one attached hydrogen (secondary N) is 1. The molecule has 0 bridgehead atoms. The SMILES string of the molecule is Cc1ccc(-c2noc(CN3CCCC(C(=O)NCc4ccc(-n5ccnc5C)cc4)C3)n2)cc1. The maximum absolute atomic E-state index is 12.9. The van der Waals surface area contributed by atoms with Crippen molar-refractivity contribution in [2.75, 3.05) is 13.1 Å². The molecule has 1 unspecified atom stereocenters. The van der Waals surface area contributed by atoms with Crippen LogP contribution in [0.5, 0.6) is 0 Å². The molecule has 1 atom stereocenters. The van der Waals surface area contributed by atoms with Gasteiger partial charge in [0.25, 0.3) is 0 Å². The number of aromatic nitrogens is 4. The van der Waals surface area contributed by atoms with E-state index in [1.807, 2.05) is 73.1 Å². The molecule has 2 aromatic carbocycles. The molecule has 1 saturated heterocycles. The Morgan fingerprint density at radius 1 is 1.11 bits per heavy atom. The number of rotatable bonds is 7. The minimum absolute atomic E-state index is 0.0453. The van der Waals surface area contributed by atoms with Crippen molar-refractivity contribution in [3.05, 3.63) is 83.8 Å². The van der Waals surface area contributed by atoms with E-state index in [1.54, 1.807) is 6.20 Å². The lowest BCUT2D eigenvalue weighted by atomic mass is 9.97. The van der Waals surface area contributed by atoms with Crippen molar-refractivity contribution in [2.45, 2.75) is 39.8 Å². The number of amides is 1. The standard InChI is InChI=1S/C27H30N6O2/c1-19-5-9-22(10-6-19)26-30-25(35-31-26)18-32-14-3-4-23(17-32)27(34)29-16-21-7-11-24(12-8-21)33-15-13-28-20(33)2/h5-13,15,23H,3-4,14,16-18H2,1-2H3,(H,29,34). The van der Waals surface area contributed by atoms with Gasteiger partial charge in [0.2, 0.25) is 17.6 Å². The van der Waals surface area contributed by atoms with E-state index in [2.05, 4.69) is 25.3 Å². The van der Waals surface area contributed by atoms with E-state index in [0.717, 1.165) is 42.0 Å². The Hall–Kier alpha value is -3.78. The Bertz CT molecular complexity index is 1280. The Labute approximate surface area is 205 Å². The molecule has 0 saturated carbocycles. The van der Waals surface area contributed by atoms with Crippen molar-refractivity contribution in [1.82, 2.24) is 29.9 Å². The lowest BCUT2D eigenvalue weighted by molar-refractivity contribution is -0.127. The highest BCUT2D eigenvalue weighted by Crippen LogP contribution is 2.21. The van der Waals surface area contributed by atoms with Crippen molar-refractivity contribution < 1.29 is 9.32 Å². The molecule has 1 amide bonds. The zero-order chi connectivity index (χ0) is 24.2. The van der Waals surface area contributed by atoms with Gasteiger partial charge in [-0.05, 0) is 50.9 Å². The van der Waals surface area contributed by atoms with Gasteiger partial charge >= 0.3 is 0 Å². The van der Waals surface area contributed by atoms with Crippen LogP contribution in [0, 0.1) is 19.8 Å². The summed E-state index contributed by atoms with van der Waals surface area (Å²) in [5, 5.41) is 7.24. The summed E-state index contributed by atoms with van der Waals surface area (Å²) in [6, 6.07) is 16.3. The average molecular weight is 471 g/mol. The Morgan fingerprint density at radius 3 is 2.66 bits per heavy atom. The van der Waals surface area contributed by atoms with Crippen LogP contribution in [0.2, 0.25) is 0 Å². The van der Waals surface area contributed by atoms with E-state index >= 15 is 0 Å². The molecule has 2 aromatic heterocycles. The number of imidazole rings is 1. The number of aryl methyl sites for hydroxylation is 2. The van der Waals surface area contributed by atoms with Gasteiger partial charge < -0.3 is 14.4 Å². The molecule has 8 nitrogen and oxygen atoms in total. The van der Waals surface area contributed by atoms with E-state index in [1.165, 1.54) is 5.56 Å². The van der Waals surface area contributed by atoms with Crippen LogP contribution < -0.4 is 5.32 Å². The third kappa shape index (κ3) is 5.49. The van der Waals surface area contributed by atoms with Crippen LogP contribution in [0.1, 0.15) is 35.7 Å². The van der Waals surface area contributed by atoms with Crippen LogP contribution in [-0.2, 0) is 17.9 Å². The number of carbonyl (C=O) groups excluding carboxylic acids is 1. The molecule has 1 aliphatic heterocycles. The molecule has 1 N–H and O–H groups in total. The van der Waals surface area contributed by atoms with E-state index in [9.17, 15) is 4.79 Å². The van der Waals surface area contributed by atoms with E-state index in [-0.39, 0.29) is 11.8 Å². The topological polar surface area (TPSA) is 89.1 Å². The number of likely N-dealkylation sites (tertiary alicyclic amines) is 1. The Kier molecular flexibility index (Phi) is 6.72. The first-order valence-electron chi connectivity index (χ1n) is 12.0. The van der Waals surface area contributed by atoms with Gasteiger partial charge in [0.1, 0.15) is 5.82 Å². The van der Waals surface area contributed by atoms with E-state index < -0.39 is 0 Å². The van der Waals surface area contributed by atoms with Crippen LogP contribution in [0.15, 0.2) is 65.4 Å². The minimum atomic E-state index is -0.0453. The predicted molar refractivity (Wildman–Crippen MR) is 133 cm³/mol. The van der Waals surface area contributed by atoms with E-state index in [4.69, 9.17) is 4.52 Å². The maximum atomic E-state index is 12.9. The summed E-state index contributed by atoms with van der Waals surface area (Å²) in [6.07, 6.45) is 5.59. The summed E-state index contributed by atoms with van der Waals surface area (Å²) in [5.74, 6) is 2.17. The Balaban J connectivity index is 1.13. The second-order valence-corrected chi connectivity index (χ2v) is 9.18. The highest BCUT2D eigenvalue weighted by molar-refractivity contribution is 5.79. The lowest BCUT2D eigenvalue weighted by Crippen LogP contribution is -2.42. The Morgan fingerprint density at radius 2 is 1.91 bits per heavy atom. The summed E-state index contributed by atoms with van der Waals surface area (Å²) in [4.78, 5) is 23.9. The van der Waals surface area contributed by atoms with Gasteiger partial charge in [0.15, 0.2) is 0 Å². The molecule has 180 valence electrons.